The summed E-state index contributed by atoms with van der Waals surface area (Å²) in [6.07, 6.45) is 5.72. The second kappa shape index (κ2) is 13.3. The molecular weight excluding hydrogens is 530 g/mol. The Morgan fingerprint density at radius 1 is 0.625 bits per heavy atom. The molecule has 3 aromatic rings. The molecule has 1 aliphatic rings. The van der Waals surface area contributed by atoms with Crippen LogP contribution in [0.3, 0.4) is 0 Å². The second-order valence-electron chi connectivity index (χ2n) is 9.91. The van der Waals surface area contributed by atoms with Crippen LogP contribution in [0.4, 0.5) is 26.3 Å². The quantitative estimate of drug-likeness (QED) is 0.171. The Kier molecular flexibility index (Phi) is 9.82. The van der Waals surface area contributed by atoms with Crippen LogP contribution in [0, 0.1) is 34.9 Å². The third-order valence-electron chi connectivity index (χ3n) is 7.20. The molecule has 3 aromatic carbocycles. The van der Waals surface area contributed by atoms with Gasteiger partial charge in [0.15, 0.2) is 34.8 Å². The molecule has 0 aromatic heterocycles. The van der Waals surface area contributed by atoms with Crippen LogP contribution in [0.25, 0.3) is 16.7 Å². The van der Waals surface area contributed by atoms with Gasteiger partial charge in [0.25, 0.3) is 0 Å². The van der Waals surface area contributed by atoms with Gasteiger partial charge in [-0.15, -0.1) is 0 Å². The molecule has 1 unspecified atom stereocenters. The third kappa shape index (κ3) is 6.16. The Labute approximate surface area is 230 Å². The summed E-state index contributed by atoms with van der Waals surface area (Å²) < 4.78 is 99.5. The van der Waals surface area contributed by atoms with Gasteiger partial charge in [0.1, 0.15) is 0 Å². The van der Waals surface area contributed by atoms with E-state index in [4.69, 9.17) is 9.47 Å². The fourth-order valence-corrected chi connectivity index (χ4v) is 4.84. The third-order valence-corrected chi connectivity index (χ3v) is 7.20. The van der Waals surface area contributed by atoms with Gasteiger partial charge in [-0.25, -0.2) is 17.6 Å². The van der Waals surface area contributed by atoms with Crippen molar-refractivity contribution in [1.82, 2.24) is 0 Å². The molecule has 0 N–H and O–H groups in total. The summed E-state index contributed by atoms with van der Waals surface area (Å²) in [5.74, 6) is -7.83. The van der Waals surface area contributed by atoms with Crippen molar-refractivity contribution >= 4 is 5.57 Å². The molecular formula is C32H32F6O2. The van der Waals surface area contributed by atoms with Crippen LogP contribution >= 0.6 is 0 Å². The molecule has 2 nitrogen and oxygen atoms in total. The van der Waals surface area contributed by atoms with Gasteiger partial charge in [0, 0.05) is 16.7 Å². The van der Waals surface area contributed by atoms with Crippen LogP contribution in [-0.4, -0.2) is 13.2 Å². The van der Waals surface area contributed by atoms with Gasteiger partial charge in [-0.3, -0.25) is 0 Å². The summed E-state index contributed by atoms with van der Waals surface area (Å²) >= 11 is 0. The predicted molar refractivity (Wildman–Crippen MR) is 143 cm³/mol. The van der Waals surface area contributed by atoms with E-state index in [-0.39, 0.29) is 35.2 Å². The van der Waals surface area contributed by atoms with E-state index in [0.29, 0.717) is 37.9 Å². The molecule has 0 bridgehead atoms. The molecule has 214 valence electrons. The summed E-state index contributed by atoms with van der Waals surface area (Å²) in [4.78, 5) is 0. The number of rotatable bonds is 11. The highest BCUT2D eigenvalue weighted by Crippen LogP contribution is 2.41. The van der Waals surface area contributed by atoms with Crippen LogP contribution in [-0.2, 0) is 0 Å². The lowest BCUT2D eigenvalue weighted by Gasteiger charge is -2.24. The molecule has 0 heterocycles. The lowest BCUT2D eigenvalue weighted by molar-refractivity contribution is 0.287. The van der Waals surface area contributed by atoms with E-state index >= 15 is 8.78 Å². The predicted octanol–water partition coefficient (Wildman–Crippen LogP) is 9.90. The number of unbranched alkanes of at least 4 members (excludes halogenated alkanes) is 2. The first-order valence-electron chi connectivity index (χ1n) is 13.7. The molecule has 0 spiro atoms. The molecule has 0 saturated carbocycles. The first-order chi connectivity index (χ1) is 19.3. The number of benzene rings is 3. The number of hydrogen-bond donors (Lipinski definition) is 0. The number of halogens is 6. The van der Waals surface area contributed by atoms with Crippen molar-refractivity contribution in [3.8, 4) is 22.6 Å². The highest BCUT2D eigenvalue weighted by molar-refractivity contribution is 5.73. The van der Waals surface area contributed by atoms with Crippen molar-refractivity contribution < 1.29 is 35.8 Å². The van der Waals surface area contributed by atoms with Crippen LogP contribution in [0.5, 0.6) is 11.5 Å². The van der Waals surface area contributed by atoms with Crippen LogP contribution < -0.4 is 9.47 Å². The van der Waals surface area contributed by atoms with Gasteiger partial charge in [0.05, 0.1) is 13.2 Å². The second-order valence-corrected chi connectivity index (χ2v) is 9.91. The van der Waals surface area contributed by atoms with Gasteiger partial charge in [-0.1, -0.05) is 51.0 Å². The maximum Gasteiger partial charge on any atom is 0.201 e. The van der Waals surface area contributed by atoms with Crippen molar-refractivity contribution in [3.05, 3.63) is 88.5 Å². The first-order valence-corrected chi connectivity index (χ1v) is 13.7. The van der Waals surface area contributed by atoms with Gasteiger partial charge in [0.2, 0.25) is 11.6 Å². The highest BCUT2D eigenvalue weighted by atomic mass is 19.2. The lowest BCUT2D eigenvalue weighted by atomic mass is 9.82. The first kappa shape index (κ1) is 29.6. The fourth-order valence-electron chi connectivity index (χ4n) is 4.84. The summed E-state index contributed by atoms with van der Waals surface area (Å²) in [7, 11) is 0. The van der Waals surface area contributed by atoms with Gasteiger partial charge < -0.3 is 9.47 Å². The van der Waals surface area contributed by atoms with Gasteiger partial charge >= 0.3 is 0 Å². The standard InChI is InChI=1S/C32H32F6O2/c1-3-5-17-39-25-15-13-22(28(34)31(25)37)20-9-7-19(8-10-20)21-11-12-23(29(35)27(21)33)24-14-16-26(32(38)30(24)36)40-18-6-4-2/h7,11-16,20H,3-6,8-10,17-18H2,1-2H3. The summed E-state index contributed by atoms with van der Waals surface area (Å²) in [6.45, 7) is 4.40. The van der Waals surface area contributed by atoms with Crippen LogP contribution in [0.2, 0.25) is 0 Å². The molecule has 0 fully saturated rings. The maximum atomic E-state index is 15.2. The Bertz CT molecular complexity index is 1380. The van der Waals surface area contributed by atoms with Crippen molar-refractivity contribution in [2.45, 2.75) is 64.7 Å². The molecule has 0 amide bonds. The molecule has 4 rings (SSSR count). The summed E-state index contributed by atoms with van der Waals surface area (Å²) in [5, 5.41) is 0. The fraction of sp³-hybridized carbons (Fsp3) is 0.375. The molecule has 0 saturated heterocycles. The average Bonchev–Trinajstić information content (AvgIpc) is 2.96. The summed E-state index contributed by atoms with van der Waals surface area (Å²) in [5.41, 5.74) is -0.124. The molecule has 1 atom stereocenters. The average molecular weight is 563 g/mol. The number of hydrogen-bond acceptors (Lipinski definition) is 2. The van der Waals surface area contributed by atoms with Crippen molar-refractivity contribution in [3.63, 3.8) is 0 Å². The van der Waals surface area contributed by atoms with E-state index in [9.17, 15) is 17.6 Å². The number of ether oxygens (including phenoxy) is 2. The van der Waals surface area contributed by atoms with Gasteiger partial charge in [-0.2, -0.15) is 8.78 Å². The minimum Gasteiger partial charge on any atom is -0.490 e. The largest absolute Gasteiger partial charge is 0.490 e. The van der Waals surface area contributed by atoms with Gasteiger partial charge in [-0.05, 0) is 67.4 Å². The molecule has 0 aliphatic heterocycles. The minimum absolute atomic E-state index is 0.00794. The van der Waals surface area contributed by atoms with E-state index in [1.165, 1.54) is 30.3 Å². The topological polar surface area (TPSA) is 18.5 Å². The molecule has 8 heteroatoms. The lowest BCUT2D eigenvalue weighted by Crippen LogP contribution is -2.10. The van der Waals surface area contributed by atoms with E-state index < -0.39 is 46.0 Å². The van der Waals surface area contributed by atoms with E-state index in [2.05, 4.69) is 0 Å². The van der Waals surface area contributed by atoms with Crippen LogP contribution in [0.15, 0.2) is 42.5 Å². The van der Waals surface area contributed by atoms with E-state index in [1.54, 1.807) is 6.08 Å². The normalized spacial score (nSPS) is 15.2. The van der Waals surface area contributed by atoms with E-state index in [0.717, 1.165) is 25.3 Å². The Hall–Kier alpha value is -3.42. The molecule has 40 heavy (non-hydrogen) atoms. The maximum absolute atomic E-state index is 15.2. The zero-order chi connectivity index (χ0) is 28.8. The zero-order valence-electron chi connectivity index (χ0n) is 22.6. The number of allylic oxidation sites excluding steroid dienone is 2. The monoisotopic (exact) mass is 562 g/mol. The van der Waals surface area contributed by atoms with Crippen molar-refractivity contribution in [2.75, 3.05) is 13.2 Å². The molecule has 1 aliphatic carbocycles. The van der Waals surface area contributed by atoms with Crippen LogP contribution in [0.1, 0.15) is 75.8 Å². The molecule has 0 radical (unpaired) electrons. The van der Waals surface area contributed by atoms with Crippen molar-refractivity contribution in [1.29, 1.82) is 0 Å². The Balaban J connectivity index is 1.53. The SMILES string of the molecule is CCCCOc1ccc(-c2ccc(C3=CCC(c4ccc(OCCCC)c(F)c4F)CC3)c(F)c2F)c(F)c1F. The minimum atomic E-state index is -1.32. The van der Waals surface area contributed by atoms with Crippen molar-refractivity contribution in [2.24, 2.45) is 0 Å². The highest BCUT2D eigenvalue weighted by Gasteiger charge is 2.26. The summed E-state index contributed by atoms with van der Waals surface area (Å²) in [6, 6.07) is 7.82. The Morgan fingerprint density at radius 2 is 1.12 bits per heavy atom. The van der Waals surface area contributed by atoms with E-state index in [1.807, 2.05) is 13.8 Å². The Morgan fingerprint density at radius 3 is 1.70 bits per heavy atom. The zero-order valence-corrected chi connectivity index (χ0v) is 22.6. The smallest absolute Gasteiger partial charge is 0.201 e.